The van der Waals surface area contributed by atoms with Crippen LogP contribution in [0.25, 0.3) is 0 Å². The SMILES string of the molecule is CC(C)CCC(C)CCC[O]. The zero-order valence-electron chi connectivity index (χ0n) is 8.10. The average molecular weight is 157 g/mol. The van der Waals surface area contributed by atoms with Gasteiger partial charge in [0.05, 0.1) is 6.61 Å². The van der Waals surface area contributed by atoms with E-state index in [0.29, 0.717) is 0 Å². The van der Waals surface area contributed by atoms with Gasteiger partial charge >= 0.3 is 0 Å². The van der Waals surface area contributed by atoms with E-state index in [1.165, 1.54) is 12.8 Å². The highest BCUT2D eigenvalue weighted by Crippen LogP contribution is 2.15. The Morgan fingerprint density at radius 3 is 2.09 bits per heavy atom. The van der Waals surface area contributed by atoms with Gasteiger partial charge in [-0.3, -0.25) is 0 Å². The predicted molar refractivity (Wildman–Crippen MR) is 48.0 cm³/mol. The molecule has 0 aromatic rings. The molecule has 1 nitrogen and oxygen atoms in total. The van der Waals surface area contributed by atoms with Crippen LogP contribution in [-0.4, -0.2) is 6.61 Å². The molecule has 11 heavy (non-hydrogen) atoms. The van der Waals surface area contributed by atoms with Crippen molar-refractivity contribution in [3.05, 3.63) is 0 Å². The molecule has 1 unspecified atom stereocenters. The fraction of sp³-hybridized carbons (Fsp3) is 1.00. The maximum atomic E-state index is 10.2. The topological polar surface area (TPSA) is 19.9 Å². The van der Waals surface area contributed by atoms with Gasteiger partial charge in [-0.25, -0.2) is 5.11 Å². The van der Waals surface area contributed by atoms with Crippen LogP contribution in [0.5, 0.6) is 0 Å². The molecule has 0 bridgehead atoms. The van der Waals surface area contributed by atoms with Crippen LogP contribution in [-0.2, 0) is 5.11 Å². The molecule has 0 aliphatic rings. The maximum Gasteiger partial charge on any atom is 0.0822 e. The number of rotatable bonds is 6. The summed E-state index contributed by atoms with van der Waals surface area (Å²) < 4.78 is 0. The van der Waals surface area contributed by atoms with E-state index < -0.39 is 0 Å². The van der Waals surface area contributed by atoms with Gasteiger partial charge in [-0.05, 0) is 24.7 Å². The lowest BCUT2D eigenvalue weighted by Gasteiger charge is -2.11. The van der Waals surface area contributed by atoms with E-state index in [4.69, 9.17) is 0 Å². The summed E-state index contributed by atoms with van der Waals surface area (Å²) in [6, 6.07) is 0. The molecule has 0 N–H and O–H groups in total. The highest BCUT2D eigenvalue weighted by Gasteiger charge is 2.02. The first-order valence-electron chi connectivity index (χ1n) is 4.75. The van der Waals surface area contributed by atoms with Crippen LogP contribution >= 0.6 is 0 Å². The Morgan fingerprint density at radius 2 is 1.64 bits per heavy atom. The highest BCUT2D eigenvalue weighted by atomic mass is 16.2. The molecule has 0 aliphatic carbocycles. The first-order chi connectivity index (χ1) is 5.16. The molecule has 0 aliphatic heterocycles. The van der Waals surface area contributed by atoms with E-state index >= 15 is 0 Å². The molecular formula is C10H21O. The van der Waals surface area contributed by atoms with Crippen molar-refractivity contribution >= 4 is 0 Å². The summed E-state index contributed by atoms with van der Waals surface area (Å²) in [6.45, 7) is 6.85. The van der Waals surface area contributed by atoms with Crippen LogP contribution in [0.2, 0.25) is 0 Å². The van der Waals surface area contributed by atoms with Crippen molar-refractivity contribution in [1.29, 1.82) is 0 Å². The second-order valence-electron chi connectivity index (χ2n) is 3.92. The molecule has 0 amide bonds. The van der Waals surface area contributed by atoms with E-state index in [0.717, 1.165) is 24.7 Å². The molecule has 1 atom stereocenters. The molecule has 0 fully saturated rings. The van der Waals surface area contributed by atoms with E-state index in [2.05, 4.69) is 20.8 Å². The summed E-state index contributed by atoms with van der Waals surface area (Å²) in [6.07, 6.45) is 4.58. The molecule has 1 heteroatoms. The monoisotopic (exact) mass is 157 g/mol. The minimum atomic E-state index is 0.103. The van der Waals surface area contributed by atoms with Gasteiger partial charge in [0.15, 0.2) is 0 Å². The zero-order valence-corrected chi connectivity index (χ0v) is 8.10. The van der Waals surface area contributed by atoms with Crippen LogP contribution in [0.3, 0.4) is 0 Å². The molecule has 0 saturated carbocycles. The highest BCUT2D eigenvalue weighted by molar-refractivity contribution is 4.55. The molecule has 0 aromatic heterocycles. The Morgan fingerprint density at radius 1 is 1.00 bits per heavy atom. The van der Waals surface area contributed by atoms with Gasteiger partial charge < -0.3 is 0 Å². The number of hydrogen-bond acceptors (Lipinski definition) is 0. The van der Waals surface area contributed by atoms with Crippen molar-refractivity contribution in [2.45, 2.75) is 46.5 Å². The summed E-state index contributed by atoms with van der Waals surface area (Å²) in [5.74, 6) is 1.57. The maximum absolute atomic E-state index is 10.2. The Hall–Kier alpha value is -0.0400. The fourth-order valence-electron chi connectivity index (χ4n) is 1.19. The minimum Gasteiger partial charge on any atom is -0.237 e. The lowest BCUT2D eigenvalue weighted by molar-refractivity contribution is 0.180. The van der Waals surface area contributed by atoms with E-state index in [9.17, 15) is 5.11 Å². The lowest BCUT2D eigenvalue weighted by Crippen LogP contribution is -1.98. The Bertz CT molecular complexity index is 78.9. The van der Waals surface area contributed by atoms with Crippen molar-refractivity contribution in [3.8, 4) is 0 Å². The summed E-state index contributed by atoms with van der Waals surface area (Å²) in [4.78, 5) is 0. The van der Waals surface area contributed by atoms with Crippen LogP contribution in [0, 0.1) is 11.8 Å². The molecule has 0 spiro atoms. The molecule has 0 saturated heterocycles. The van der Waals surface area contributed by atoms with Crippen molar-refractivity contribution < 1.29 is 5.11 Å². The smallest absolute Gasteiger partial charge is 0.0822 e. The van der Waals surface area contributed by atoms with Gasteiger partial charge in [0, 0.05) is 0 Å². The van der Waals surface area contributed by atoms with Gasteiger partial charge in [-0.1, -0.05) is 33.6 Å². The summed E-state index contributed by atoms with van der Waals surface area (Å²) in [7, 11) is 0. The van der Waals surface area contributed by atoms with Gasteiger partial charge in [0.25, 0.3) is 0 Å². The first-order valence-corrected chi connectivity index (χ1v) is 4.75. The minimum absolute atomic E-state index is 0.103. The summed E-state index contributed by atoms with van der Waals surface area (Å²) in [5.41, 5.74) is 0. The standard InChI is InChI=1S/C10H21O/c1-9(2)6-7-10(3)5-4-8-11/h9-10H,4-8H2,1-3H3. The average Bonchev–Trinajstić information content (AvgIpc) is 1.97. The molecule has 0 aromatic carbocycles. The molecule has 67 valence electrons. The third kappa shape index (κ3) is 7.86. The Kier molecular flexibility index (Phi) is 6.63. The summed E-state index contributed by atoms with van der Waals surface area (Å²) in [5, 5.41) is 10.2. The molecular weight excluding hydrogens is 136 g/mol. The second-order valence-corrected chi connectivity index (χ2v) is 3.92. The third-order valence-electron chi connectivity index (χ3n) is 2.08. The lowest BCUT2D eigenvalue weighted by atomic mass is 9.96. The molecule has 0 heterocycles. The van der Waals surface area contributed by atoms with Crippen molar-refractivity contribution in [2.75, 3.05) is 6.61 Å². The van der Waals surface area contributed by atoms with Crippen LogP contribution < -0.4 is 0 Å². The molecule has 1 radical (unpaired) electrons. The predicted octanol–water partition coefficient (Wildman–Crippen LogP) is 3.27. The van der Waals surface area contributed by atoms with Crippen molar-refractivity contribution in [1.82, 2.24) is 0 Å². The van der Waals surface area contributed by atoms with E-state index in [-0.39, 0.29) is 6.61 Å². The van der Waals surface area contributed by atoms with Crippen molar-refractivity contribution in [2.24, 2.45) is 11.8 Å². The summed E-state index contributed by atoms with van der Waals surface area (Å²) >= 11 is 0. The van der Waals surface area contributed by atoms with Crippen LogP contribution in [0.4, 0.5) is 0 Å². The molecule has 0 rings (SSSR count). The van der Waals surface area contributed by atoms with Gasteiger partial charge in [0.1, 0.15) is 0 Å². The normalized spacial score (nSPS) is 13.9. The fourth-order valence-corrected chi connectivity index (χ4v) is 1.19. The quantitative estimate of drug-likeness (QED) is 0.564. The Labute approximate surface area is 70.8 Å². The van der Waals surface area contributed by atoms with Crippen LogP contribution in [0.1, 0.15) is 46.5 Å². The zero-order chi connectivity index (χ0) is 8.69. The van der Waals surface area contributed by atoms with Gasteiger partial charge in [-0.15, -0.1) is 0 Å². The van der Waals surface area contributed by atoms with Gasteiger partial charge in [-0.2, -0.15) is 0 Å². The van der Waals surface area contributed by atoms with E-state index in [1.807, 2.05) is 0 Å². The first kappa shape index (κ1) is 11.0. The van der Waals surface area contributed by atoms with Gasteiger partial charge in [0.2, 0.25) is 0 Å². The van der Waals surface area contributed by atoms with Crippen LogP contribution in [0.15, 0.2) is 0 Å². The van der Waals surface area contributed by atoms with E-state index in [1.54, 1.807) is 0 Å². The third-order valence-corrected chi connectivity index (χ3v) is 2.08. The second kappa shape index (κ2) is 6.66. The number of hydrogen-bond donors (Lipinski definition) is 0. The van der Waals surface area contributed by atoms with Crippen molar-refractivity contribution in [3.63, 3.8) is 0 Å². The Balaban J connectivity index is 3.15. The largest absolute Gasteiger partial charge is 0.237 e.